The average Bonchev–Trinajstić information content (AvgIpc) is 3.11. The van der Waals surface area contributed by atoms with Gasteiger partial charge in [-0.05, 0) is 37.0 Å². The lowest BCUT2D eigenvalue weighted by Gasteiger charge is -2.16. The van der Waals surface area contributed by atoms with Gasteiger partial charge in [-0.3, -0.25) is 0 Å². The Bertz CT molecular complexity index is 1010. The zero-order valence-corrected chi connectivity index (χ0v) is 17.8. The first-order valence-corrected chi connectivity index (χ1v) is 10.4. The molecule has 1 N–H and O–H groups in total. The predicted octanol–water partition coefficient (Wildman–Crippen LogP) is 5.31. The third kappa shape index (κ3) is 5.20. The summed E-state index contributed by atoms with van der Waals surface area (Å²) in [4.78, 5) is 11.4. The third-order valence-corrected chi connectivity index (χ3v) is 5.11. The number of para-hydroxylation sites is 2. The summed E-state index contributed by atoms with van der Waals surface area (Å²) < 4.78 is 13.1. The first kappa shape index (κ1) is 21.4. The Morgan fingerprint density at radius 3 is 2.73 bits per heavy atom. The molecule has 30 heavy (non-hydrogen) atoms. The van der Waals surface area contributed by atoms with Gasteiger partial charge in [0.1, 0.15) is 12.4 Å². The molecule has 0 spiro atoms. The largest absolute Gasteiger partial charge is 0.491 e. The van der Waals surface area contributed by atoms with E-state index in [0.29, 0.717) is 25.7 Å². The van der Waals surface area contributed by atoms with Crippen LogP contribution in [0.2, 0.25) is 0 Å². The van der Waals surface area contributed by atoms with Crippen LogP contribution >= 0.6 is 0 Å². The molecule has 0 bridgehead atoms. The van der Waals surface area contributed by atoms with Gasteiger partial charge >= 0.3 is 6.09 Å². The molecular formula is C24H29N3O3. The summed E-state index contributed by atoms with van der Waals surface area (Å²) in [6.45, 7) is 7.73. The minimum absolute atomic E-state index is 0.306. The topological polar surface area (TPSA) is 64.8 Å². The van der Waals surface area contributed by atoms with Crippen LogP contribution in [-0.2, 0) is 11.3 Å². The number of amides is 1. The second-order valence-corrected chi connectivity index (χ2v) is 7.08. The summed E-state index contributed by atoms with van der Waals surface area (Å²) in [7, 11) is 0. The molecule has 0 aliphatic heterocycles. The summed E-state index contributed by atoms with van der Waals surface area (Å²) in [5.74, 6) is 1.41. The number of rotatable bonds is 9. The van der Waals surface area contributed by atoms with Crippen molar-refractivity contribution in [3.05, 3.63) is 65.9 Å². The van der Waals surface area contributed by atoms with E-state index in [1.165, 1.54) is 5.56 Å². The fourth-order valence-corrected chi connectivity index (χ4v) is 3.37. The Balaban J connectivity index is 1.71. The van der Waals surface area contributed by atoms with Crippen molar-refractivity contribution in [1.29, 1.82) is 0 Å². The molecule has 0 aliphatic rings. The summed E-state index contributed by atoms with van der Waals surface area (Å²) >= 11 is 0. The van der Waals surface area contributed by atoms with Crippen LogP contribution in [0.3, 0.4) is 0 Å². The molecule has 1 aromatic heterocycles. The molecule has 6 heteroatoms. The molecule has 0 fully saturated rings. The van der Waals surface area contributed by atoms with Crippen molar-refractivity contribution < 1.29 is 14.3 Å². The van der Waals surface area contributed by atoms with Crippen LogP contribution in [0.25, 0.3) is 10.9 Å². The number of carbonyl (C=O) groups excluding carboxylic acids is 1. The minimum atomic E-state index is -0.564. The predicted molar refractivity (Wildman–Crippen MR) is 120 cm³/mol. The van der Waals surface area contributed by atoms with E-state index >= 15 is 0 Å². The summed E-state index contributed by atoms with van der Waals surface area (Å²) in [5.41, 5.74) is 5.62. The van der Waals surface area contributed by atoms with Gasteiger partial charge in [0, 0.05) is 22.7 Å². The van der Waals surface area contributed by atoms with Crippen LogP contribution in [0.4, 0.5) is 4.79 Å². The number of aromatic nitrogens is 1. The van der Waals surface area contributed by atoms with Crippen LogP contribution in [-0.4, -0.2) is 30.1 Å². The number of nitrogens with one attached hydrogen (secondary N) is 1. The molecule has 3 aromatic rings. The van der Waals surface area contributed by atoms with Gasteiger partial charge in [0.05, 0.1) is 19.4 Å². The number of ether oxygens (including phenoxy) is 2. The highest BCUT2D eigenvalue weighted by Crippen LogP contribution is 2.28. The van der Waals surface area contributed by atoms with Crippen LogP contribution in [0.15, 0.2) is 59.8 Å². The van der Waals surface area contributed by atoms with Crippen molar-refractivity contribution >= 4 is 23.2 Å². The highest BCUT2D eigenvalue weighted by molar-refractivity contribution is 5.99. The SMILES string of the molecule is CCOC(=O)N/N=C\c1cn(CCOc2ccccc2[C@H](C)CC)c2ccccc12. The molecule has 1 amide bonds. The Labute approximate surface area is 177 Å². The maximum Gasteiger partial charge on any atom is 0.427 e. The van der Waals surface area contributed by atoms with E-state index in [1.807, 2.05) is 36.5 Å². The number of nitrogens with zero attached hydrogens (tertiary/aromatic N) is 2. The molecule has 1 heterocycles. The van der Waals surface area contributed by atoms with E-state index in [2.05, 4.69) is 47.1 Å². The van der Waals surface area contributed by atoms with Crippen molar-refractivity contribution in [3.8, 4) is 5.75 Å². The van der Waals surface area contributed by atoms with Gasteiger partial charge in [-0.1, -0.05) is 50.2 Å². The number of hydrogen-bond acceptors (Lipinski definition) is 4. The Hall–Kier alpha value is -3.28. The molecule has 3 rings (SSSR count). The van der Waals surface area contributed by atoms with Gasteiger partial charge in [0.15, 0.2) is 0 Å². The van der Waals surface area contributed by atoms with E-state index in [0.717, 1.165) is 28.6 Å². The van der Waals surface area contributed by atoms with Crippen LogP contribution in [0.1, 0.15) is 44.2 Å². The smallest absolute Gasteiger partial charge is 0.427 e. The maximum atomic E-state index is 11.4. The normalized spacial score (nSPS) is 12.2. The second-order valence-electron chi connectivity index (χ2n) is 7.08. The fraction of sp³-hybridized carbons (Fsp3) is 0.333. The number of carbonyl (C=O) groups is 1. The highest BCUT2D eigenvalue weighted by atomic mass is 16.5. The lowest BCUT2D eigenvalue weighted by Crippen LogP contribution is -2.18. The van der Waals surface area contributed by atoms with Crippen molar-refractivity contribution in [2.45, 2.75) is 39.7 Å². The first-order chi connectivity index (χ1) is 14.6. The van der Waals surface area contributed by atoms with Gasteiger partial charge in [-0.15, -0.1) is 0 Å². The zero-order valence-electron chi connectivity index (χ0n) is 17.8. The van der Waals surface area contributed by atoms with E-state index in [4.69, 9.17) is 9.47 Å². The molecule has 1 atom stereocenters. The molecule has 0 saturated heterocycles. The van der Waals surface area contributed by atoms with Crippen molar-refractivity contribution in [2.75, 3.05) is 13.2 Å². The Kier molecular flexibility index (Phi) is 7.49. The molecular weight excluding hydrogens is 378 g/mol. The standard InChI is InChI=1S/C24H29N3O3/c1-4-18(3)20-10-7-9-13-23(20)30-15-14-27-17-19(16-25-26-24(28)29-5-2)21-11-6-8-12-22(21)27/h6-13,16-18H,4-5,14-15H2,1-3H3,(H,26,28)/b25-16-/t18-/m1/s1. The Morgan fingerprint density at radius 1 is 1.17 bits per heavy atom. The van der Waals surface area contributed by atoms with Gasteiger partial charge in [-0.2, -0.15) is 5.10 Å². The van der Waals surface area contributed by atoms with E-state index in [9.17, 15) is 4.79 Å². The van der Waals surface area contributed by atoms with E-state index < -0.39 is 6.09 Å². The van der Waals surface area contributed by atoms with E-state index in [-0.39, 0.29) is 0 Å². The van der Waals surface area contributed by atoms with Gasteiger partial charge in [0.25, 0.3) is 0 Å². The second kappa shape index (κ2) is 10.5. The molecule has 2 aromatic carbocycles. The number of hydrazone groups is 1. The number of hydrogen-bond donors (Lipinski definition) is 1. The third-order valence-electron chi connectivity index (χ3n) is 5.11. The lowest BCUT2D eigenvalue weighted by molar-refractivity contribution is 0.152. The highest BCUT2D eigenvalue weighted by Gasteiger charge is 2.11. The van der Waals surface area contributed by atoms with Crippen molar-refractivity contribution in [1.82, 2.24) is 9.99 Å². The number of fused-ring (bicyclic) bond motifs is 1. The van der Waals surface area contributed by atoms with Gasteiger partial charge < -0.3 is 14.0 Å². The monoisotopic (exact) mass is 407 g/mol. The van der Waals surface area contributed by atoms with Crippen LogP contribution < -0.4 is 10.2 Å². The van der Waals surface area contributed by atoms with E-state index in [1.54, 1.807) is 13.1 Å². The summed E-state index contributed by atoms with van der Waals surface area (Å²) in [6, 6.07) is 16.3. The Morgan fingerprint density at radius 2 is 1.93 bits per heavy atom. The first-order valence-electron chi connectivity index (χ1n) is 10.4. The molecule has 0 aliphatic carbocycles. The van der Waals surface area contributed by atoms with Crippen molar-refractivity contribution in [2.24, 2.45) is 5.10 Å². The van der Waals surface area contributed by atoms with Crippen LogP contribution in [0.5, 0.6) is 5.75 Å². The van der Waals surface area contributed by atoms with Gasteiger partial charge in [0.2, 0.25) is 0 Å². The number of benzene rings is 2. The van der Waals surface area contributed by atoms with Crippen LogP contribution in [0, 0.1) is 0 Å². The van der Waals surface area contributed by atoms with Crippen molar-refractivity contribution in [3.63, 3.8) is 0 Å². The molecule has 0 saturated carbocycles. The maximum absolute atomic E-state index is 11.4. The summed E-state index contributed by atoms with van der Waals surface area (Å²) in [6.07, 6.45) is 4.16. The molecule has 158 valence electrons. The fourth-order valence-electron chi connectivity index (χ4n) is 3.37. The molecule has 0 unspecified atom stereocenters. The minimum Gasteiger partial charge on any atom is -0.491 e. The van der Waals surface area contributed by atoms with Gasteiger partial charge in [-0.25, -0.2) is 10.2 Å². The average molecular weight is 408 g/mol. The quantitative estimate of drug-likeness (QED) is 0.386. The summed E-state index contributed by atoms with van der Waals surface area (Å²) in [5, 5.41) is 5.06. The zero-order chi connectivity index (χ0) is 21.3. The lowest BCUT2D eigenvalue weighted by atomic mass is 9.98. The molecule has 0 radical (unpaired) electrons. The molecule has 6 nitrogen and oxygen atoms in total.